The lowest BCUT2D eigenvalue weighted by Gasteiger charge is -2.34. The van der Waals surface area contributed by atoms with Gasteiger partial charge in [0, 0.05) is 55.0 Å². The highest BCUT2D eigenvalue weighted by atomic mass is 16.5. The number of amides is 1. The highest BCUT2D eigenvalue weighted by Gasteiger charge is 2.29. The summed E-state index contributed by atoms with van der Waals surface area (Å²) in [6.07, 6.45) is 9.13. The van der Waals surface area contributed by atoms with Gasteiger partial charge in [-0.25, -0.2) is 4.98 Å². The van der Waals surface area contributed by atoms with Crippen LogP contribution in [0.1, 0.15) is 32.1 Å². The molecule has 3 aliphatic rings. The minimum Gasteiger partial charge on any atom is -0.494 e. The average Bonchev–Trinajstić information content (AvgIpc) is 3.05. The van der Waals surface area contributed by atoms with Crippen LogP contribution in [0.2, 0.25) is 0 Å². The first-order chi connectivity index (χ1) is 21.0. The Hall–Kier alpha value is -4.44. The van der Waals surface area contributed by atoms with E-state index in [9.17, 15) is 4.79 Å². The van der Waals surface area contributed by atoms with Gasteiger partial charge < -0.3 is 30.1 Å². The van der Waals surface area contributed by atoms with Gasteiger partial charge in [0.2, 0.25) is 11.9 Å². The summed E-state index contributed by atoms with van der Waals surface area (Å²) in [5.41, 5.74) is 5.46. The summed E-state index contributed by atoms with van der Waals surface area (Å²) >= 11 is 0. The van der Waals surface area contributed by atoms with E-state index in [1.54, 1.807) is 13.3 Å². The van der Waals surface area contributed by atoms with Crippen molar-refractivity contribution in [2.45, 2.75) is 32.1 Å². The number of hydrogen-bond donors (Lipinski definition) is 2. The molecule has 3 heterocycles. The van der Waals surface area contributed by atoms with Gasteiger partial charge in [0.1, 0.15) is 11.4 Å². The van der Waals surface area contributed by atoms with Gasteiger partial charge in [0.05, 0.1) is 25.5 Å². The van der Waals surface area contributed by atoms with Crippen molar-refractivity contribution in [1.82, 2.24) is 14.9 Å². The normalized spacial score (nSPS) is 17.6. The van der Waals surface area contributed by atoms with Crippen LogP contribution >= 0.6 is 0 Å². The Kier molecular flexibility index (Phi) is 8.55. The molecule has 1 aromatic heterocycles. The smallest absolute Gasteiger partial charge is 0.247 e. The topological polar surface area (TPSA) is 98.2 Å². The number of carbonyl (C=O) groups is 1. The van der Waals surface area contributed by atoms with Crippen LogP contribution in [0.3, 0.4) is 0 Å². The fourth-order valence-corrected chi connectivity index (χ4v) is 6.11. The van der Waals surface area contributed by atoms with Crippen molar-refractivity contribution in [2.24, 2.45) is 10.9 Å². The SMILES string of the molecule is C=CC(=O)Nc1cccc(N2CC(C3CCCCC3)=Nc3cnc(Nc4ccc(N5CCN(C)CC5)cc4OC)nc32)c1. The highest BCUT2D eigenvalue weighted by Crippen LogP contribution is 2.40. The first-order valence-electron chi connectivity index (χ1n) is 15.1. The monoisotopic (exact) mass is 580 g/mol. The number of piperazine rings is 1. The van der Waals surface area contributed by atoms with Crippen molar-refractivity contribution < 1.29 is 9.53 Å². The Balaban J connectivity index is 1.31. The van der Waals surface area contributed by atoms with E-state index in [1.165, 1.54) is 31.1 Å². The highest BCUT2D eigenvalue weighted by molar-refractivity contribution is 6.01. The van der Waals surface area contributed by atoms with Gasteiger partial charge in [0.15, 0.2) is 5.82 Å². The third-order valence-electron chi connectivity index (χ3n) is 8.58. The van der Waals surface area contributed by atoms with Crippen LogP contribution in [0, 0.1) is 5.92 Å². The number of nitrogens with one attached hydrogen (secondary N) is 2. The van der Waals surface area contributed by atoms with Gasteiger partial charge in [0.25, 0.3) is 0 Å². The number of hydrogen-bond acceptors (Lipinski definition) is 9. The first kappa shape index (κ1) is 28.7. The van der Waals surface area contributed by atoms with Gasteiger partial charge in [-0.3, -0.25) is 9.79 Å². The lowest BCUT2D eigenvalue weighted by molar-refractivity contribution is -0.111. The maximum atomic E-state index is 12.0. The van der Waals surface area contributed by atoms with E-state index >= 15 is 0 Å². The van der Waals surface area contributed by atoms with Crippen molar-refractivity contribution in [2.75, 3.05) is 67.3 Å². The molecule has 10 heteroatoms. The summed E-state index contributed by atoms with van der Waals surface area (Å²) < 4.78 is 5.78. The van der Waals surface area contributed by atoms with E-state index in [0.717, 1.165) is 73.3 Å². The fraction of sp³-hybridized carbons (Fsp3) is 0.394. The van der Waals surface area contributed by atoms with Crippen molar-refractivity contribution in [3.05, 3.63) is 61.3 Å². The number of aromatic nitrogens is 2. The second kappa shape index (κ2) is 12.8. The Morgan fingerprint density at radius 2 is 1.86 bits per heavy atom. The van der Waals surface area contributed by atoms with Crippen molar-refractivity contribution in [3.8, 4) is 5.75 Å². The molecule has 43 heavy (non-hydrogen) atoms. The van der Waals surface area contributed by atoms with E-state index in [-0.39, 0.29) is 5.91 Å². The number of rotatable bonds is 8. The molecule has 0 radical (unpaired) electrons. The fourth-order valence-electron chi connectivity index (χ4n) is 6.11. The van der Waals surface area contributed by atoms with E-state index in [2.05, 4.69) is 56.1 Å². The van der Waals surface area contributed by atoms with Crippen LogP contribution in [0.25, 0.3) is 0 Å². The predicted molar refractivity (Wildman–Crippen MR) is 174 cm³/mol. The second-order valence-corrected chi connectivity index (χ2v) is 11.5. The molecule has 6 rings (SSSR count). The molecule has 0 spiro atoms. The summed E-state index contributed by atoms with van der Waals surface area (Å²) in [7, 11) is 3.84. The standard InChI is InChI=1S/C33H40N8O2/c1-4-31(42)35-24-11-8-12-26(19-24)41-22-29(23-9-6-5-7-10-23)36-28-21-34-33(38-32(28)41)37-27-14-13-25(20-30(27)43-3)40-17-15-39(2)16-18-40/h4,8,11-14,19-21,23H,1,5-7,9-10,15-18,22H2,2-3H3,(H,35,42)(H,34,37,38). The molecule has 2 aromatic carbocycles. The number of methoxy groups -OCH3 is 1. The van der Waals surface area contributed by atoms with Crippen LogP contribution in [-0.2, 0) is 4.79 Å². The number of aliphatic imine (C=N–C) groups is 1. The summed E-state index contributed by atoms with van der Waals surface area (Å²) in [6, 6.07) is 14.0. The molecule has 1 amide bonds. The molecule has 2 fully saturated rings. The minimum absolute atomic E-state index is 0.248. The van der Waals surface area contributed by atoms with Crippen LogP contribution < -0.4 is 25.2 Å². The van der Waals surface area contributed by atoms with Gasteiger partial charge in [-0.05, 0) is 62.2 Å². The maximum absolute atomic E-state index is 12.0. The Morgan fingerprint density at radius 1 is 1.05 bits per heavy atom. The quantitative estimate of drug-likeness (QED) is 0.318. The number of likely N-dealkylation sites (N-methyl/N-ethyl adjacent to an activating group) is 1. The molecule has 1 saturated heterocycles. The van der Waals surface area contributed by atoms with Gasteiger partial charge in [-0.15, -0.1) is 0 Å². The third-order valence-corrected chi connectivity index (χ3v) is 8.58. The molecule has 1 aliphatic carbocycles. The molecule has 2 N–H and O–H groups in total. The molecule has 224 valence electrons. The third kappa shape index (κ3) is 6.49. The van der Waals surface area contributed by atoms with Crippen LogP contribution in [0.5, 0.6) is 5.75 Å². The number of nitrogens with zero attached hydrogens (tertiary/aromatic N) is 6. The lowest BCUT2D eigenvalue weighted by Crippen LogP contribution is -2.44. The summed E-state index contributed by atoms with van der Waals surface area (Å²) in [5, 5.41) is 6.26. The number of ether oxygens (including phenoxy) is 1. The second-order valence-electron chi connectivity index (χ2n) is 11.5. The van der Waals surface area contributed by atoms with Crippen molar-refractivity contribution in [3.63, 3.8) is 0 Å². The van der Waals surface area contributed by atoms with Crippen molar-refractivity contribution in [1.29, 1.82) is 0 Å². The van der Waals surface area contributed by atoms with Crippen LogP contribution in [-0.4, -0.2) is 73.4 Å². The summed E-state index contributed by atoms with van der Waals surface area (Å²) in [4.78, 5) is 33.6. The zero-order chi connectivity index (χ0) is 29.8. The molecule has 10 nitrogen and oxygen atoms in total. The minimum atomic E-state index is -0.248. The number of anilines is 6. The molecule has 0 unspecified atom stereocenters. The zero-order valence-electron chi connectivity index (χ0n) is 25.1. The Bertz CT molecular complexity index is 1510. The molecule has 1 saturated carbocycles. The van der Waals surface area contributed by atoms with Gasteiger partial charge in [-0.1, -0.05) is 31.9 Å². The summed E-state index contributed by atoms with van der Waals surface area (Å²) in [6.45, 7) is 8.25. The molecule has 0 bridgehead atoms. The van der Waals surface area contributed by atoms with Gasteiger partial charge >= 0.3 is 0 Å². The van der Waals surface area contributed by atoms with Crippen LogP contribution in [0.15, 0.2) is 66.3 Å². The van der Waals surface area contributed by atoms with Crippen LogP contribution in [0.4, 0.5) is 40.2 Å². The Labute approximate surface area is 253 Å². The van der Waals surface area contributed by atoms with E-state index in [4.69, 9.17) is 14.7 Å². The molecule has 3 aromatic rings. The molecular formula is C33H40N8O2. The number of fused-ring (bicyclic) bond motifs is 1. The molecular weight excluding hydrogens is 540 g/mol. The zero-order valence-corrected chi connectivity index (χ0v) is 25.1. The number of carbonyl (C=O) groups excluding carboxylic acids is 1. The number of benzene rings is 2. The first-order valence-corrected chi connectivity index (χ1v) is 15.1. The lowest BCUT2D eigenvalue weighted by atomic mass is 9.85. The summed E-state index contributed by atoms with van der Waals surface area (Å²) in [5.74, 6) is 2.12. The Morgan fingerprint density at radius 3 is 2.63 bits per heavy atom. The molecule has 2 aliphatic heterocycles. The van der Waals surface area contributed by atoms with E-state index in [0.29, 0.717) is 24.1 Å². The maximum Gasteiger partial charge on any atom is 0.247 e. The van der Waals surface area contributed by atoms with Gasteiger partial charge in [-0.2, -0.15) is 4.98 Å². The average molecular weight is 581 g/mol. The van der Waals surface area contributed by atoms with Crippen molar-refractivity contribution >= 4 is 51.8 Å². The predicted octanol–water partition coefficient (Wildman–Crippen LogP) is 5.91. The van der Waals surface area contributed by atoms with E-state index < -0.39 is 0 Å². The molecule has 0 atom stereocenters. The largest absolute Gasteiger partial charge is 0.494 e. The van der Waals surface area contributed by atoms with E-state index in [1.807, 2.05) is 30.3 Å².